The molecule has 0 unspecified atom stereocenters. The second-order valence-electron chi connectivity index (χ2n) is 6.64. The van der Waals surface area contributed by atoms with Crippen LogP contribution in [0.5, 0.6) is 0 Å². The summed E-state index contributed by atoms with van der Waals surface area (Å²) in [5.74, 6) is 0.454. The first-order valence-corrected chi connectivity index (χ1v) is 9.97. The summed E-state index contributed by atoms with van der Waals surface area (Å²) in [7, 11) is 0. The lowest BCUT2D eigenvalue weighted by molar-refractivity contribution is 0.0526. The van der Waals surface area contributed by atoms with Crippen LogP contribution in [0.25, 0.3) is 11.2 Å². The topological polar surface area (TPSA) is 102 Å². The number of esters is 1. The number of anilines is 4. The Labute approximate surface area is 183 Å². The normalized spacial score (nSPS) is 10.7. The summed E-state index contributed by atoms with van der Waals surface area (Å²) in [5.41, 5.74) is 3.89. The zero-order valence-electron chi connectivity index (χ0n) is 16.9. The van der Waals surface area contributed by atoms with Gasteiger partial charge in [0.1, 0.15) is 0 Å². The van der Waals surface area contributed by atoms with E-state index in [1.165, 1.54) is 0 Å². The molecule has 0 amide bonds. The molecule has 0 radical (unpaired) electrons. The summed E-state index contributed by atoms with van der Waals surface area (Å²) in [4.78, 5) is 29.5. The second kappa shape index (κ2) is 8.93. The largest absolute Gasteiger partial charge is 0.462 e. The highest BCUT2D eigenvalue weighted by atomic mass is 35.5. The maximum Gasteiger partial charge on any atom is 0.338 e. The highest BCUT2D eigenvalue weighted by molar-refractivity contribution is 6.31. The molecule has 0 fully saturated rings. The number of rotatable bonds is 6. The van der Waals surface area contributed by atoms with Crippen molar-refractivity contribution in [2.75, 3.05) is 17.2 Å². The number of carbonyl (C=O) groups excluding carboxylic acids is 1. The molecule has 0 bridgehead atoms. The Hall–Kier alpha value is -3.78. The molecule has 4 rings (SSSR count). The number of hydrogen-bond donors (Lipinski definition) is 2. The number of aryl methyl sites for hydroxylation is 1. The fourth-order valence-electron chi connectivity index (χ4n) is 2.85. The van der Waals surface area contributed by atoms with Gasteiger partial charge in [0.2, 0.25) is 5.95 Å². The van der Waals surface area contributed by atoms with E-state index in [1.807, 2.05) is 25.1 Å². The van der Waals surface area contributed by atoms with Gasteiger partial charge >= 0.3 is 5.97 Å². The first kappa shape index (κ1) is 20.5. The molecule has 2 aromatic heterocycles. The van der Waals surface area contributed by atoms with Crippen LogP contribution in [0.2, 0.25) is 5.02 Å². The summed E-state index contributed by atoms with van der Waals surface area (Å²) in [6.07, 6.45) is 3.15. The van der Waals surface area contributed by atoms with Crippen molar-refractivity contribution < 1.29 is 9.53 Å². The van der Waals surface area contributed by atoms with Gasteiger partial charge in [-0.05, 0) is 55.8 Å². The van der Waals surface area contributed by atoms with E-state index in [-0.39, 0.29) is 5.97 Å². The molecule has 2 aromatic carbocycles. The maximum absolute atomic E-state index is 11.8. The summed E-state index contributed by atoms with van der Waals surface area (Å²) in [6, 6.07) is 12.5. The van der Waals surface area contributed by atoms with Crippen LogP contribution in [0.15, 0.2) is 54.9 Å². The first-order chi connectivity index (χ1) is 15.0. The van der Waals surface area contributed by atoms with Gasteiger partial charge in [0.15, 0.2) is 17.0 Å². The predicted octanol–water partition coefficient (Wildman–Crippen LogP) is 5.05. The van der Waals surface area contributed by atoms with Crippen molar-refractivity contribution in [1.82, 2.24) is 19.9 Å². The molecular formula is C22H19ClN6O2. The molecule has 2 heterocycles. The molecule has 0 aliphatic carbocycles. The number of benzene rings is 2. The Morgan fingerprint density at radius 2 is 1.74 bits per heavy atom. The summed E-state index contributed by atoms with van der Waals surface area (Å²) in [6.45, 7) is 4.03. The van der Waals surface area contributed by atoms with Crippen LogP contribution in [-0.4, -0.2) is 32.5 Å². The summed E-state index contributed by atoms with van der Waals surface area (Å²) in [5, 5.41) is 7.02. The number of hydrogen-bond acceptors (Lipinski definition) is 8. The Balaban J connectivity index is 1.64. The van der Waals surface area contributed by atoms with Crippen LogP contribution in [0.3, 0.4) is 0 Å². The molecule has 0 spiro atoms. The van der Waals surface area contributed by atoms with E-state index in [0.717, 1.165) is 11.3 Å². The van der Waals surface area contributed by atoms with Crippen LogP contribution >= 0.6 is 11.6 Å². The lowest BCUT2D eigenvalue weighted by Gasteiger charge is -2.12. The van der Waals surface area contributed by atoms with E-state index in [0.29, 0.717) is 45.8 Å². The molecule has 156 valence electrons. The van der Waals surface area contributed by atoms with Crippen LogP contribution < -0.4 is 10.6 Å². The highest BCUT2D eigenvalue weighted by Gasteiger charge is 2.12. The second-order valence-corrected chi connectivity index (χ2v) is 7.04. The minimum atomic E-state index is -0.366. The van der Waals surface area contributed by atoms with Crippen molar-refractivity contribution in [2.24, 2.45) is 0 Å². The summed E-state index contributed by atoms with van der Waals surface area (Å²) >= 11 is 6.25. The quantitative estimate of drug-likeness (QED) is 0.406. The van der Waals surface area contributed by atoms with Crippen molar-refractivity contribution in [2.45, 2.75) is 13.8 Å². The van der Waals surface area contributed by atoms with E-state index in [4.69, 9.17) is 16.3 Å². The molecule has 0 aliphatic heterocycles. The van der Waals surface area contributed by atoms with Crippen molar-refractivity contribution in [3.05, 3.63) is 71.0 Å². The van der Waals surface area contributed by atoms with E-state index >= 15 is 0 Å². The van der Waals surface area contributed by atoms with Gasteiger partial charge in [0.05, 0.1) is 12.2 Å². The van der Waals surface area contributed by atoms with Gasteiger partial charge in [-0.15, -0.1) is 0 Å². The van der Waals surface area contributed by atoms with Gasteiger partial charge in [-0.3, -0.25) is 0 Å². The highest BCUT2D eigenvalue weighted by Crippen LogP contribution is 2.26. The van der Waals surface area contributed by atoms with E-state index in [9.17, 15) is 4.79 Å². The van der Waals surface area contributed by atoms with E-state index in [1.54, 1.807) is 43.6 Å². The number of nitrogens with one attached hydrogen (secondary N) is 2. The maximum atomic E-state index is 11.8. The van der Waals surface area contributed by atoms with Crippen LogP contribution in [0.4, 0.5) is 23.1 Å². The third-order valence-corrected chi connectivity index (χ3v) is 4.83. The average molecular weight is 435 g/mol. The van der Waals surface area contributed by atoms with E-state index in [2.05, 4.69) is 30.6 Å². The molecule has 31 heavy (non-hydrogen) atoms. The Morgan fingerprint density at radius 3 is 2.48 bits per heavy atom. The Kier molecular flexibility index (Phi) is 5.90. The lowest BCUT2D eigenvalue weighted by atomic mass is 10.2. The number of aromatic nitrogens is 4. The predicted molar refractivity (Wildman–Crippen MR) is 120 cm³/mol. The van der Waals surface area contributed by atoms with Crippen LogP contribution in [0.1, 0.15) is 22.8 Å². The molecule has 0 saturated carbocycles. The fraction of sp³-hybridized carbons (Fsp3) is 0.136. The van der Waals surface area contributed by atoms with Crippen molar-refractivity contribution in [3.8, 4) is 0 Å². The average Bonchev–Trinajstić information content (AvgIpc) is 2.77. The van der Waals surface area contributed by atoms with Gasteiger partial charge in [0.25, 0.3) is 0 Å². The molecule has 2 N–H and O–H groups in total. The van der Waals surface area contributed by atoms with Crippen molar-refractivity contribution in [1.29, 1.82) is 0 Å². The van der Waals surface area contributed by atoms with E-state index < -0.39 is 0 Å². The summed E-state index contributed by atoms with van der Waals surface area (Å²) < 4.78 is 5.01. The number of ether oxygens (including phenoxy) is 1. The SMILES string of the molecule is CCOC(=O)c1ccc(Nc2nc(Nc3ccc(C)c(Cl)c3)c3nccnc3n2)cc1. The van der Waals surface area contributed by atoms with Crippen molar-refractivity contribution >= 4 is 51.9 Å². The van der Waals surface area contributed by atoms with Gasteiger partial charge in [-0.25, -0.2) is 14.8 Å². The third-order valence-electron chi connectivity index (χ3n) is 4.42. The molecule has 4 aromatic rings. The van der Waals surface area contributed by atoms with Gasteiger partial charge in [-0.2, -0.15) is 9.97 Å². The molecular weight excluding hydrogens is 416 g/mol. The van der Waals surface area contributed by atoms with Gasteiger partial charge < -0.3 is 15.4 Å². The van der Waals surface area contributed by atoms with Crippen molar-refractivity contribution in [3.63, 3.8) is 0 Å². The molecule has 9 heteroatoms. The standard InChI is InChI=1S/C22H19ClN6O2/c1-3-31-21(30)14-5-8-15(9-6-14)27-22-28-19-18(24-10-11-25-19)20(29-22)26-16-7-4-13(2)17(23)12-16/h4-12H,3H2,1-2H3,(H2,25,26,27,28,29). The van der Waals surface area contributed by atoms with Crippen LogP contribution in [-0.2, 0) is 4.74 Å². The smallest absolute Gasteiger partial charge is 0.338 e. The number of carbonyl (C=O) groups is 1. The minimum absolute atomic E-state index is 0.326. The molecule has 0 saturated heterocycles. The molecule has 8 nitrogen and oxygen atoms in total. The number of nitrogens with zero attached hydrogens (tertiary/aromatic N) is 4. The third kappa shape index (κ3) is 4.70. The monoisotopic (exact) mass is 434 g/mol. The van der Waals surface area contributed by atoms with Gasteiger partial charge in [0, 0.05) is 28.8 Å². The Bertz CT molecular complexity index is 1250. The molecule has 0 aliphatic rings. The number of halogens is 1. The lowest BCUT2D eigenvalue weighted by Crippen LogP contribution is -2.06. The zero-order chi connectivity index (χ0) is 21.8. The molecule has 0 atom stereocenters. The number of fused-ring (bicyclic) bond motifs is 1. The Morgan fingerprint density at radius 1 is 1.00 bits per heavy atom. The zero-order valence-corrected chi connectivity index (χ0v) is 17.6. The fourth-order valence-corrected chi connectivity index (χ4v) is 3.03. The minimum Gasteiger partial charge on any atom is -0.462 e. The first-order valence-electron chi connectivity index (χ1n) is 9.59. The van der Waals surface area contributed by atoms with Gasteiger partial charge in [-0.1, -0.05) is 17.7 Å². The van der Waals surface area contributed by atoms with Crippen LogP contribution in [0, 0.1) is 6.92 Å².